The summed E-state index contributed by atoms with van der Waals surface area (Å²) in [5, 5.41) is 6.18. The summed E-state index contributed by atoms with van der Waals surface area (Å²) in [7, 11) is 3.76. The molecule has 1 aromatic carbocycles. The Morgan fingerprint density at radius 3 is 2.62 bits per heavy atom. The summed E-state index contributed by atoms with van der Waals surface area (Å²) in [5.74, 6) is 1.01. The standard InChI is InChI=1S/C19H25BrN4O2/c1-14-9-12-26-17(14)18(25)22-10-6-11-23-19(21-2)24(3)13-15-7-4-5-8-16(15)20/h4-5,7-9,12H,6,10-11,13H2,1-3H3,(H,21,23)(H,22,25). The lowest BCUT2D eigenvalue weighted by Crippen LogP contribution is -2.39. The van der Waals surface area contributed by atoms with Crippen molar-refractivity contribution in [3.8, 4) is 0 Å². The number of carbonyl (C=O) groups is 1. The summed E-state index contributed by atoms with van der Waals surface area (Å²) in [4.78, 5) is 18.3. The van der Waals surface area contributed by atoms with E-state index in [1.165, 1.54) is 11.8 Å². The molecule has 0 saturated heterocycles. The second-order valence-electron chi connectivity index (χ2n) is 5.96. The van der Waals surface area contributed by atoms with Gasteiger partial charge < -0.3 is 20.0 Å². The van der Waals surface area contributed by atoms with Crippen LogP contribution in [0.1, 0.15) is 28.1 Å². The average Bonchev–Trinajstić information content (AvgIpc) is 3.06. The van der Waals surface area contributed by atoms with Crippen molar-refractivity contribution in [3.05, 3.63) is 58.0 Å². The molecule has 0 radical (unpaired) electrons. The van der Waals surface area contributed by atoms with Crippen LogP contribution in [0.5, 0.6) is 0 Å². The third kappa shape index (κ3) is 5.62. The minimum atomic E-state index is -0.178. The van der Waals surface area contributed by atoms with Crippen LogP contribution in [0, 0.1) is 6.92 Å². The second kappa shape index (κ2) is 10.0. The molecule has 26 heavy (non-hydrogen) atoms. The largest absolute Gasteiger partial charge is 0.459 e. The Balaban J connectivity index is 1.72. The molecule has 6 nitrogen and oxygen atoms in total. The fourth-order valence-electron chi connectivity index (χ4n) is 2.52. The van der Waals surface area contributed by atoms with Crippen molar-refractivity contribution < 1.29 is 9.21 Å². The van der Waals surface area contributed by atoms with Crippen molar-refractivity contribution in [2.45, 2.75) is 19.9 Å². The van der Waals surface area contributed by atoms with Crippen molar-refractivity contribution in [3.63, 3.8) is 0 Å². The van der Waals surface area contributed by atoms with E-state index in [-0.39, 0.29) is 5.91 Å². The number of guanidine groups is 1. The van der Waals surface area contributed by atoms with Gasteiger partial charge in [0.1, 0.15) is 0 Å². The van der Waals surface area contributed by atoms with Crippen molar-refractivity contribution in [1.29, 1.82) is 0 Å². The molecule has 2 N–H and O–H groups in total. The second-order valence-corrected chi connectivity index (χ2v) is 6.82. The predicted octanol–water partition coefficient (Wildman–Crippen LogP) is 3.18. The van der Waals surface area contributed by atoms with Crippen LogP contribution in [0.2, 0.25) is 0 Å². The van der Waals surface area contributed by atoms with E-state index in [0.717, 1.165) is 29.0 Å². The number of nitrogens with one attached hydrogen (secondary N) is 2. The lowest BCUT2D eigenvalue weighted by molar-refractivity contribution is 0.0925. The van der Waals surface area contributed by atoms with Gasteiger partial charge in [0.2, 0.25) is 0 Å². The SMILES string of the molecule is CN=C(NCCCNC(=O)c1occc1C)N(C)Cc1ccccc1Br. The number of carbonyl (C=O) groups excluding carboxylic acids is 1. The van der Waals surface area contributed by atoms with Crippen LogP contribution < -0.4 is 10.6 Å². The first-order valence-corrected chi connectivity index (χ1v) is 9.29. The van der Waals surface area contributed by atoms with E-state index in [0.29, 0.717) is 18.8 Å². The zero-order chi connectivity index (χ0) is 18.9. The highest BCUT2D eigenvalue weighted by Crippen LogP contribution is 2.17. The quantitative estimate of drug-likeness (QED) is 0.409. The third-order valence-corrected chi connectivity index (χ3v) is 4.70. The molecule has 0 unspecified atom stereocenters. The predicted molar refractivity (Wildman–Crippen MR) is 107 cm³/mol. The Kier molecular flexibility index (Phi) is 7.72. The fourth-order valence-corrected chi connectivity index (χ4v) is 2.93. The molecule has 0 aliphatic rings. The highest BCUT2D eigenvalue weighted by molar-refractivity contribution is 9.10. The summed E-state index contributed by atoms with van der Waals surface area (Å²) in [6.07, 6.45) is 2.31. The van der Waals surface area contributed by atoms with Gasteiger partial charge in [0.25, 0.3) is 5.91 Å². The minimum Gasteiger partial charge on any atom is -0.459 e. The maximum atomic E-state index is 12.0. The molecule has 0 bridgehead atoms. The Morgan fingerprint density at radius 2 is 1.96 bits per heavy atom. The van der Waals surface area contributed by atoms with E-state index in [1.807, 2.05) is 32.2 Å². The zero-order valence-corrected chi connectivity index (χ0v) is 17.0. The minimum absolute atomic E-state index is 0.178. The molecule has 2 rings (SSSR count). The van der Waals surface area contributed by atoms with E-state index in [9.17, 15) is 4.79 Å². The van der Waals surface area contributed by atoms with E-state index in [4.69, 9.17) is 4.42 Å². The molecule has 1 aromatic heterocycles. The Hall–Kier alpha value is -2.28. The van der Waals surface area contributed by atoms with E-state index in [2.05, 4.69) is 42.5 Å². The zero-order valence-electron chi connectivity index (χ0n) is 15.4. The van der Waals surface area contributed by atoms with Gasteiger partial charge in [-0.15, -0.1) is 0 Å². The van der Waals surface area contributed by atoms with Gasteiger partial charge >= 0.3 is 0 Å². The van der Waals surface area contributed by atoms with Gasteiger partial charge in [0.15, 0.2) is 11.7 Å². The summed E-state index contributed by atoms with van der Waals surface area (Å²) < 4.78 is 6.26. The summed E-state index contributed by atoms with van der Waals surface area (Å²) in [5.41, 5.74) is 2.04. The normalized spacial score (nSPS) is 11.3. The topological polar surface area (TPSA) is 69.9 Å². The van der Waals surface area contributed by atoms with Gasteiger partial charge in [-0.05, 0) is 31.0 Å². The molecule has 1 amide bonds. The number of aliphatic imine (C=N–C) groups is 1. The first-order valence-electron chi connectivity index (χ1n) is 8.50. The maximum absolute atomic E-state index is 12.0. The van der Waals surface area contributed by atoms with Gasteiger partial charge in [0.05, 0.1) is 6.26 Å². The van der Waals surface area contributed by atoms with Crippen LogP contribution in [-0.4, -0.2) is 44.0 Å². The van der Waals surface area contributed by atoms with E-state index >= 15 is 0 Å². The maximum Gasteiger partial charge on any atom is 0.287 e. The van der Waals surface area contributed by atoms with Gasteiger partial charge in [0, 0.05) is 43.8 Å². The van der Waals surface area contributed by atoms with Crippen LogP contribution in [-0.2, 0) is 6.54 Å². The molecule has 2 aromatic rings. The molecule has 0 atom stereocenters. The number of hydrogen-bond acceptors (Lipinski definition) is 3. The molecule has 7 heteroatoms. The Bertz CT molecular complexity index is 758. The average molecular weight is 421 g/mol. The molecule has 0 saturated carbocycles. The van der Waals surface area contributed by atoms with Crippen LogP contribution in [0.4, 0.5) is 0 Å². The molecule has 140 valence electrons. The van der Waals surface area contributed by atoms with Crippen LogP contribution in [0.3, 0.4) is 0 Å². The number of benzene rings is 1. The molecular weight excluding hydrogens is 396 g/mol. The molecular formula is C19H25BrN4O2. The Labute approximate surface area is 162 Å². The molecule has 0 aliphatic carbocycles. The number of nitrogens with zero attached hydrogens (tertiary/aromatic N) is 2. The van der Waals surface area contributed by atoms with Gasteiger partial charge in [-0.1, -0.05) is 34.1 Å². The third-order valence-electron chi connectivity index (χ3n) is 3.93. The smallest absolute Gasteiger partial charge is 0.287 e. The first-order chi connectivity index (χ1) is 12.5. The van der Waals surface area contributed by atoms with Gasteiger partial charge in [-0.2, -0.15) is 0 Å². The first kappa shape index (κ1) is 20.0. The van der Waals surface area contributed by atoms with Gasteiger partial charge in [-0.3, -0.25) is 9.79 Å². The van der Waals surface area contributed by atoms with Crippen molar-refractivity contribution in [2.24, 2.45) is 4.99 Å². The van der Waals surface area contributed by atoms with Crippen molar-refractivity contribution in [2.75, 3.05) is 27.2 Å². The molecule has 1 heterocycles. The molecule has 0 fully saturated rings. The summed E-state index contributed by atoms with van der Waals surface area (Å²) in [6.45, 7) is 3.88. The van der Waals surface area contributed by atoms with E-state index in [1.54, 1.807) is 13.1 Å². The number of halogens is 1. The van der Waals surface area contributed by atoms with Crippen molar-refractivity contribution in [1.82, 2.24) is 15.5 Å². The number of amides is 1. The van der Waals surface area contributed by atoms with Crippen LogP contribution in [0.15, 0.2) is 50.5 Å². The molecule has 0 spiro atoms. The van der Waals surface area contributed by atoms with Crippen LogP contribution >= 0.6 is 15.9 Å². The van der Waals surface area contributed by atoms with Crippen LogP contribution in [0.25, 0.3) is 0 Å². The number of aryl methyl sites for hydroxylation is 1. The summed E-state index contributed by atoms with van der Waals surface area (Å²) >= 11 is 3.57. The highest BCUT2D eigenvalue weighted by Gasteiger charge is 2.12. The number of furan rings is 1. The fraction of sp³-hybridized carbons (Fsp3) is 0.368. The van der Waals surface area contributed by atoms with Gasteiger partial charge in [-0.25, -0.2) is 0 Å². The lowest BCUT2D eigenvalue weighted by Gasteiger charge is -2.22. The number of hydrogen-bond donors (Lipinski definition) is 2. The number of rotatable bonds is 7. The summed E-state index contributed by atoms with van der Waals surface area (Å²) in [6, 6.07) is 9.91. The Morgan fingerprint density at radius 1 is 1.23 bits per heavy atom. The monoisotopic (exact) mass is 420 g/mol. The lowest BCUT2D eigenvalue weighted by atomic mass is 10.2. The molecule has 0 aliphatic heterocycles. The van der Waals surface area contributed by atoms with E-state index < -0.39 is 0 Å². The van der Waals surface area contributed by atoms with Crippen molar-refractivity contribution >= 4 is 27.8 Å². The highest BCUT2D eigenvalue weighted by atomic mass is 79.9.